The molecule has 0 aliphatic heterocycles. The molecule has 86 valence electrons. The fraction of sp³-hybridized carbons (Fsp3) is 0.727. The Bertz CT molecular complexity index is 233. The van der Waals surface area contributed by atoms with E-state index in [-0.39, 0.29) is 36.8 Å². The number of ether oxygens (including phenoxy) is 1. The second-order valence-corrected chi connectivity index (χ2v) is 3.40. The average molecular weight is 214 g/mol. The van der Waals surface area contributed by atoms with Crippen molar-refractivity contribution in [2.24, 2.45) is 0 Å². The van der Waals surface area contributed by atoms with Crippen LogP contribution >= 0.6 is 0 Å². The summed E-state index contributed by atoms with van der Waals surface area (Å²) in [7, 11) is 1.29. The lowest BCUT2D eigenvalue weighted by molar-refractivity contribution is -0.141. The van der Waals surface area contributed by atoms with Gasteiger partial charge in [-0.1, -0.05) is 6.92 Å². The molecule has 4 heteroatoms. The van der Waals surface area contributed by atoms with Gasteiger partial charge in [-0.05, 0) is 6.42 Å². The maximum Gasteiger partial charge on any atom is 0.305 e. The van der Waals surface area contributed by atoms with Crippen molar-refractivity contribution in [1.82, 2.24) is 0 Å². The van der Waals surface area contributed by atoms with Gasteiger partial charge >= 0.3 is 5.97 Å². The summed E-state index contributed by atoms with van der Waals surface area (Å²) in [5, 5.41) is 0. The fourth-order valence-corrected chi connectivity index (χ4v) is 1.15. The van der Waals surface area contributed by atoms with E-state index in [9.17, 15) is 14.4 Å². The van der Waals surface area contributed by atoms with Crippen LogP contribution < -0.4 is 0 Å². The Morgan fingerprint density at radius 3 is 1.80 bits per heavy atom. The van der Waals surface area contributed by atoms with Gasteiger partial charge in [0.15, 0.2) is 0 Å². The first-order chi connectivity index (χ1) is 7.10. The fourth-order valence-electron chi connectivity index (χ4n) is 1.15. The molecule has 0 aromatic carbocycles. The van der Waals surface area contributed by atoms with Crippen molar-refractivity contribution in [3.05, 3.63) is 0 Å². The summed E-state index contributed by atoms with van der Waals surface area (Å²) in [6.07, 6.45) is 2.17. The molecule has 0 N–H and O–H groups in total. The monoisotopic (exact) mass is 214 g/mol. The number of carbonyl (C=O) groups excluding carboxylic acids is 3. The minimum absolute atomic E-state index is 0.0511. The first kappa shape index (κ1) is 13.8. The Hall–Kier alpha value is -1.19. The molecule has 0 saturated carbocycles. The molecule has 0 aromatic rings. The Morgan fingerprint density at radius 1 is 0.867 bits per heavy atom. The van der Waals surface area contributed by atoms with Crippen molar-refractivity contribution in [3.63, 3.8) is 0 Å². The van der Waals surface area contributed by atoms with Crippen molar-refractivity contribution in [1.29, 1.82) is 0 Å². The molecular weight excluding hydrogens is 196 g/mol. The molecule has 0 atom stereocenters. The number of rotatable bonds is 8. The smallest absolute Gasteiger partial charge is 0.305 e. The first-order valence-corrected chi connectivity index (χ1v) is 5.20. The van der Waals surface area contributed by atoms with E-state index in [1.807, 2.05) is 6.92 Å². The van der Waals surface area contributed by atoms with Gasteiger partial charge < -0.3 is 4.74 Å². The molecule has 0 amide bonds. The molecule has 15 heavy (non-hydrogen) atoms. The number of ketones is 2. The van der Waals surface area contributed by atoms with Crippen LogP contribution in [0, 0.1) is 0 Å². The van der Waals surface area contributed by atoms with Gasteiger partial charge in [0.05, 0.1) is 13.5 Å². The van der Waals surface area contributed by atoms with E-state index in [0.29, 0.717) is 12.8 Å². The van der Waals surface area contributed by atoms with E-state index in [1.165, 1.54) is 7.11 Å². The maximum atomic E-state index is 11.2. The third-order valence-corrected chi connectivity index (χ3v) is 2.05. The minimum atomic E-state index is -0.386. The second kappa shape index (κ2) is 8.15. The molecule has 0 spiro atoms. The number of Topliss-reactive ketones (excluding diaryl/α,β-unsaturated/α-hetero) is 2. The van der Waals surface area contributed by atoms with Crippen molar-refractivity contribution < 1.29 is 19.1 Å². The molecule has 0 rings (SSSR count). The van der Waals surface area contributed by atoms with Crippen LogP contribution in [0.15, 0.2) is 0 Å². The average Bonchev–Trinajstić information content (AvgIpc) is 2.23. The number of hydrogen-bond acceptors (Lipinski definition) is 4. The Morgan fingerprint density at radius 2 is 1.33 bits per heavy atom. The molecule has 4 nitrogen and oxygen atoms in total. The molecule has 0 saturated heterocycles. The Kier molecular flexibility index (Phi) is 7.50. The van der Waals surface area contributed by atoms with Gasteiger partial charge in [0.25, 0.3) is 0 Å². The lowest BCUT2D eigenvalue weighted by Gasteiger charge is -1.99. The predicted molar refractivity (Wildman–Crippen MR) is 55.4 cm³/mol. The van der Waals surface area contributed by atoms with Gasteiger partial charge in [0, 0.05) is 25.7 Å². The lowest BCUT2D eigenvalue weighted by Crippen LogP contribution is -2.07. The van der Waals surface area contributed by atoms with Gasteiger partial charge in [0.2, 0.25) is 0 Å². The van der Waals surface area contributed by atoms with E-state index in [1.54, 1.807) is 0 Å². The van der Waals surface area contributed by atoms with Gasteiger partial charge in [-0.2, -0.15) is 0 Å². The van der Waals surface area contributed by atoms with Crippen LogP contribution in [0.5, 0.6) is 0 Å². The van der Waals surface area contributed by atoms with Crippen LogP contribution in [0.25, 0.3) is 0 Å². The zero-order valence-corrected chi connectivity index (χ0v) is 9.38. The maximum absolute atomic E-state index is 11.2. The van der Waals surface area contributed by atoms with Crippen molar-refractivity contribution in [2.45, 2.75) is 45.4 Å². The van der Waals surface area contributed by atoms with Crippen LogP contribution in [0.1, 0.15) is 45.4 Å². The summed E-state index contributed by atoms with van der Waals surface area (Å²) in [5.74, 6) is -0.322. The quantitative estimate of drug-likeness (QED) is 0.576. The molecule has 0 unspecified atom stereocenters. The highest BCUT2D eigenvalue weighted by Crippen LogP contribution is 2.03. The molecule has 0 aromatic heterocycles. The zero-order chi connectivity index (χ0) is 11.7. The van der Waals surface area contributed by atoms with Gasteiger partial charge in [-0.25, -0.2) is 0 Å². The highest BCUT2D eigenvalue weighted by molar-refractivity contribution is 5.87. The molecule has 0 aliphatic carbocycles. The summed E-state index contributed by atoms with van der Waals surface area (Å²) in [4.78, 5) is 33.0. The summed E-state index contributed by atoms with van der Waals surface area (Å²) < 4.78 is 4.41. The van der Waals surface area contributed by atoms with Crippen molar-refractivity contribution in [2.75, 3.05) is 7.11 Å². The van der Waals surface area contributed by atoms with Gasteiger partial charge in [-0.15, -0.1) is 0 Å². The zero-order valence-electron chi connectivity index (χ0n) is 9.38. The Balaban J connectivity index is 3.57. The predicted octanol–water partition coefficient (Wildman–Crippen LogP) is 1.66. The second-order valence-electron chi connectivity index (χ2n) is 3.40. The first-order valence-electron chi connectivity index (χ1n) is 5.20. The summed E-state index contributed by atoms with van der Waals surface area (Å²) in [6, 6.07) is 0. The number of carbonyl (C=O) groups is 3. The van der Waals surface area contributed by atoms with Gasteiger partial charge in [-0.3, -0.25) is 14.4 Å². The van der Waals surface area contributed by atoms with Crippen LogP contribution in [0.3, 0.4) is 0 Å². The van der Waals surface area contributed by atoms with Crippen LogP contribution in [0.2, 0.25) is 0 Å². The molecule has 0 aliphatic rings. The number of hydrogen-bond donors (Lipinski definition) is 0. The summed E-state index contributed by atoms with van der Waals surface area (Å²) in [5.41, 5.74) is 0. The normalized spacial score (nSPS) is 9.73. The lowest BCUT2D eigenvalue weighted by atomic mass is 10.1. The molecule has 0 bridgehead atoms. The van der Waals surface area contributed by atoms with E-state index < -0.39 is 0 Å². The molecule has 0 fully saturated rings. The van der Waals surface area contributed by atoms with Crippen molar-refractivity contribution >= 4 is 17.5 Å². The SMILES string of the molecule is CCCC(=O)CCC(=O)CCC(=O)OC. The highest BCUT2D eigenvalue weighted by Gasteiger charge is 2.09. The third kappa shape index (κ3) is 7.85. The van der Waals surface area contributed by atoms with Crippen molar-refractivity contribution in [3.8, 4) is 0 Å². The van der Waals surface area contributed by atoms with E-state index >= 15 is 0 Å². The topological polar surface area (TPSA) is 60.4 Å². The number of esters is 1. The molecular formula is C11H18O4. The Labute approximate surface area is 90.0 Å². The third-order valence-electron chi connectivity index (χ3n) is 2.05. The minimum Gasteiger partial charge on any atom is -0.469 e. The largest absolute Gasteiger partial charge is 0.469 e. The van der Waals surface area contributed by atoms with E-state index in [0.717, 1.165) is 6.42 Å². The standard InChI is InChI=1S/C11H18O4/c1-3-4-9(12)5-6-10(13)7-8-11(14)15-2/h3-8H2,1-2H3. The van der Waals surface area contributed by atoms with Crippen LogP contribution in [-0.4, -0.2) is 24.6 Å². The van der Waals surface area contributed by atoms with Gasteiger partial charge in [0.1, 0.15) is 11.6 Å². The number of methoxy groups -OCH3 is 1. The van der Waals surface area contributed by atoms with Crippen LogP contribution in [-0.2, 0) is 19.1 Å². The molecule has 0 heterocycles. The van der Waals surface area contributed by atoms with E-state index in [2.05, 4.69) is 4.74 Å². The summed E-state index contributed by atoms with van der Waals surface area (Å²) in [6.45, 7) is 1.93. The summed E-state index contributed by atoms with van der Waals surface area (Å²) >= 11 is 0. The molecule has 0 radical (unpaired) electrons. The van der Waals surface area contributed by atoms with E-state index in [4.69, 9.17) is 0 Å². The highest BCUT2D eigenvalue weighted by atomic mass is 16.5. The van der Waals surface area contributed by atoms with Crippen LogP contribution in [0.4, 0.5) is 0 Å².